The fourth-order valence-corrected chi connectivity index (χ4v) is 1.50. The van der Waals surface area contributed by atoms with E-state index in [0.717, 1.165) is 0 Å². The zero-order valence-corrected chi connectivity index (χ0v) is 10.4. The van der Waals surface area contributed by atoms with Gasteiger partial charge in [0.2, 0.25) is 0 Å². The van der Waals surface area contributed by atoms with Crippen LogP contribution in [-0.4, -0.2) is 32.9 Å². The number of ketones is 1. The largest absolute Gasteiger partial charge is 0.493 e. The van der Waals surface area contributed by atoms with Gasteiger partial charge in [0.25, 0.3) is 0 Å². The smallest absolute Gasteiger partial charge is 0.171 e. The van der Waals surface area contributed by atoms with Crippen LogP contribution in [0.2, 0.25) is 0 Å². The van der Waals surface area contributed by atoms with Crippen molar-refractivity contribution < 1.29 is 19.0 Å². The fraction of sp³-hybridized carbons (Fsp3) is 0.462. The SMILES string of the molecule is CCOc1ccccc1C(=O)CC(OC)OC. The molecule has 0 aliphatic heterocycles. The van der Waals surface area contributed by atoms with Gasteiger partial charge in [-0.15, -0.1) is 0 Å². The van der Waals surface area contributed by atoms with Crippen LogP contribution in [0.1, 0.15) is 23.7 Å². The summed E-state index contributed by atoms with van der Waals surface area (Å²) in [6.45, 7) is 2.41. The maximum atomic E-state index is 12.0. The van der Waals surface area contributed by atoms with E-state index in [1.807, 2.05) is 19.1 Å². The van der Waals surface area contributed by atoms with Crippen LogP contribution in [0.15, 0.2) is 24.3 Å². The van der Waals surface area contributed by atoms with E-state index in [1.54, 1.807) is 12.1 Å². The second-order valence-electron chi connectivity index (χ2n) is 3.46. The molecule has 1 aromatic carbocycles. The van der Waals surface area contributed by atoms with Gasteiger partial charge in [-0.1, -0.05) is 12.1 Å². The van der Waals surface area contributed by atoms with Crippen molar-refractivity contribution in [1.29, 1.82) is 0 Å². The highest BCUT2D eigenvalue weighted by atomic mass is 16.7. The predicted octanol–water partition coefficient (Wildman–Crippen LogP) is 2.28. The number of carbonyl (C=O) groups excluding carboxylic acids is 1. The Labute approximate surface area is 101 Å². The molecule has 0 unspecified atom stereocenters. The van der Waals surface area contributed by atoms with Crippen molar-refractivity contribution in [2.75, 3.05) is 20.8 Å². The van der Waals surface area contributed by atoms with Crippen LogP contribution in [0.25, 0.3) is 0 Å². The van der Waals surface area contributed by atoms with Crippen LogP contribution >= 0.6 is 0 Å². The zero-order valence-electron chi connectivity index (χ0n) is 10.4. The van der Waals surface area contributed by atoms with Crippen LogP contribution in [0.3, 0.4) is 0 Å². The maximum Gasteiger partial charge on any atom is 0.171 e. The number of ether oxygens (including phenoxy) is 3. The molecule has 0 aliphatic carbocycles. The number of benzene rings is 1. The molecular weight excluding hydrogens is 220 g/mol. The summed E-state index contributed by atoms with van der Waals surface area (Å²) in [6, 6.07) is 7.18. The molecule has 0 N–H and O–H groups in total. The highest BCUT2D eigenvalue weighted by Crippen LogP contribution is 2.20. The van der Waals surface area contributed by atoms with Gasteiger partial charge in [-0.25, -0.2) is 0 Å². The molecule has 0 bridgehead atoms. The first-order valence-electron chi connectivity index (χ1n) is 5.53. The summed E-state index contributed by atoms with van der Waals surface area (Å²) in [5.74, 6) is 0.550. The van der Waals surface area contributed by atoms with E-state index in [-0.39, 0.29) is 12.2 Å². The molecule has 0 heterocycles. The van der Waals surface area contributed by atoms with Crippen molar-refractivity contribution in [3.05, 3.63) is 29.8 Å². The van der Waals surface area contributed by atoms with Crippen molar-refractivity contribution in [2.24, 2.45) is 0 Å². The topological polar surface area (TPSA) is 44.8 Å². The molecule has 0 radical (unpaired) electrons. The molecule has 0 aliphatic rings. The van der Waals surface area contributed by atoms with Crippen LogP contribution in [-0.2, 0) is 9.47 Å². The summed E-state index contributed by atoms with van der Waals surface area (Å²) in [7, 11) is 3.02. The van der Waals surface area contributed by atoms with Crippen LogP contribution in [0, 0.1) is 0 Å². The van der Waals surface area contributed by atoms with E-state index in [2.05, 4.69) is 0 Å². The summed E-state index contributed by atoms with van der Waals surface area (Å²) < 4.78 is 15.4. The molecule has 0 aromatic heterocycles. The molecule has 4 heteroatoms. The summed E-state index contributed by atoms with van der Waals surface area (Å²) in [5.41, 5.74) is 0.563. The van der Waals surface area contributed by atoms with Gasteiger partial charge in [0.05, 0.1) is 18.6 Å². The van der Waals surface area contributed by atoms with Crippen molar-refractivity contribution in [3.8, 4) is 5.75 Å². The van der Waals surface area contributed by atoms with E-state index in [1.165, 1.54) is 14.2 Å². The third-order valence-electron chi connectivity index (χ3n) is 2.37. The molecule has 0 saturated carbocycles. The highest BCUT2D eigenvalue weighted by molar-refractivity contribution is 5.98. The first-order chi connectivity index (χ1) is 8.22. The Bertz CT molecular complexity index is 358. The van der Waals surface area contributed by atoms with Gasteiger partial charge < -0.3 is 14.2 Å². The summed E-state index contributed by atoms with van der Waals surface area (Å²) in [4.78, 5) is 12.0. The molecule has 4 nitrogen and oxygen atoms in total. The number of rotatable bonds is 7. The fourth-order valence-electron chi connectivity index (χ4n) is 1.50. The monoisotopic (exact) mass is 238 g/mol. The Morgan fingerprint density at radius 1 is 1.24 bits per heavy atom. The Morgan fingerprint density at radius 2 is 1.88 bits per heavy atom. The quantitative estimate of drug-likeness (QED) is 0.540. The number of para-hydroxylation sites is 1. The van der Waals surface area contributed by atoms with Crippen molar-refractivity contribution in [3.63, 3.8) is 0 Å². The van der Waals surface area contributed by atoms with Crippen LogP contribution < -0.4 is 4.74 Å². The van der Waals surface area contributed by atoms with Crippen molar-refractivity contribution in [2.45, 2.75) is 19.6 Å². The molecule has 0 spiro atoms. The number of hydrogen-bond acceptors (Lipinski definition) is 4. The Hall–Kier alpha value is -1.39. The lowest BCUT2D eigenvalue weighted by Gasteiger charge is -2.14. The van der Waals surface area contributed by atoms with Crippen molar-refractivity contribution in [1.82, 2.24) is 0 Å². The molecule has 17 heavy (non-hydrogen) atoms. The second-order valence-corrected chi connectivity index (χ2v) is 3.46. The third-order valence-corrected chi connectivity index (χ3v) is 2.37. The lowest BCUT2D eigenvalue weighted by atomic mass is 10.1. The van der Waals surface area contributed by atoms with Gasteiger partial charge in [0.15, 0.2) is 12.1 Å². The Kier molecular flexibility index (Phi) is 5.66. The average molecular weight is 238 g/mol. The molecular formula is C13H18O4. The minimum absolute atomic E-state index is 0.0530. The normalized spacial score (nSPS) is 10.6. The minimum atomic E-state index is -0.516. The van der Waals surface area contributed by atoms with E-state index in [9.17, 15) is 4.79 Å². The molecule has 1 aromatic rings. The molecule has 94 valence electrons. The van der Waals surface area contributed by atoms with Crippen molar-refractivity contribution >= 4 is 5.78 Å². The summed E-state index contributed by atoms with van der Waals surface area (Å²) in [6.07, 6.45) is -0.339. The standard InChI is InChI=1S/C13H18O4/c1-4-17-12-8-6-5-7-10(12)11(14)9-13(15-2)16-3/h5-8,13H,4,9H2,1-3H3. The minimum Gasteiger partial charge on any atom is -0.493 e. The zero-order chi connectivity index (χ0) is 12.7. The van der Waals surface area contributed by atoms with E-state index < -0.39 is 6.29 Å². The molecule has 1 rings (SSSR count). The lowest BCUT2D eigenvalue weighted by Crippen LogP contribution is -2.18. The van der Waals surface area contributed by atoms with Gasteiger partial charge in [-0.05, 0) is 19.1 Å². The molecule has 0 atom stereocenters. The Morgan fingerprint density at radius 3 is 2.47 bits per heavy atom. The van der Waals surface area contributed by atoms with Crippen LogP contribution in [0.5, 0.6) is 5.75 Å². The Balaban J connectivity index is 2.80. The van der Waals surface area contributed by atoms with Crippen LogP contribution in [0.4, 0.5) is 0 Å². The number of carbonyl (C=O) groups is 1. The van der Waals surface area contributed by atoms with Gasteiger partial charge in [0.1, 0.15) is 5.75 Å². The number of hydrogen-bond donors (Lipinski definition) is 0. The molecule has 0 fully saturated rings. The van der Waals surface area contributed by atoms with Gasteiger partial charge in [-0.2, -0.15) is 0 Å². The lowest BCUT2D eigenvalue weighted by molar-refractivity contribution is -0.0993. The van der Waals surface area contributed by atoms with Gasteiger partial charge >= 0.3 is 0 Å². The first kappa shape index (κ1) is 13.7. The predicted molar refractivity (Wildman–Crippen MR) is 64.4 cm³/mol. The van der Waals surface area contributed by atoms with E-state index >= 15 is 0 Å². The highest BCUT2D eigenvalue weighted by Gasteiger charge is 2.17. The summed E-state index contributed by atoms with van der Waals surface area (Å²) >= 11 is 0. The number of methoxy groups -OCH3 is 2. The van der Waals surface area contributed by atoms with E-state index in [0.29, 0.717) is 17.9 Å². The van der Waals surface area contributed by atoms with E-state index in [4.69, 9.17) is 14.2 Å². The summed E-state index contributed by atoms with van der Waals surface area (Å²) in [5, 5.41) is 0. The third kappa shape index (κ3) is 3.84. The maximum absolute atomic E-state index is 12.0. The second kappa shape index (κ2) is 7.04. The molecule has 0 saturated heterocycles. The molecule has 0 amide bonds. The average Bonchev–Trinajstić information content (AvgIpc) is 2.36. The van der Waals surface area contributed by atoms with Gasteiger partial charge in [-0.3, -0.25) is 4.79 Å². The van der Waals surface area contributed by atoms with Gasteiger partial charge in [0, 0.05) is 14.2 Å². The number of Topliss-reactive ketones (excluding diaryl/α,β-unsaturated/α-hetero) is 1. The first-order valence-corrected chi connectivity index (χ1v) is 5.53.